The van der Waals surface area contributed by atoms with Gasteiger partial charge in [0.15, 0.2) is 0 Å². The van der Waals surface area contributed by atoms with Gasteiger partial charge in [0.25, 0.3) is 0 Å². The number of halogens is 1. The molecule has 0 aliphatic heterocycles. The summed E-state index contributed by atoms with van der Waals surface area (Å²) in [4.78, 5) is 12.3. The van der Waals surface area contributed by atoms with Gasteiger partial charge in [0.2, 0.25) is 11.2 Å². The smallest absolute Gasteiger partial charge is 0.322 e. The van der Waals surface area contributed by atoms with Crippen LogP contribution in [0.2, 0.25) is 5.28 Å². The zero-order chi connectivity index (χ0) is 13.9. The average molecular weight is 297 g/mol. The SMILES string of the molecule is CCCOc1nc(Cl)nc(NCC2CC3CCC2C3)n1. The van der Waals surface area contributed by atoms with Gasteiger partial charge in [0.1, 0.15) is 0 Å². The van der Waals surface area contributed by atoms with Crippen LogP contribution in [-0.4, -0.2) is 28.1 Å². The largest absolute Gasteiger partial charge is 0.463 e. The quantitative estimate of drug-likeness (QED) is 0.874. The van der Waals surface area contributed by atoms with Crippen LogP contribution in [0, 0.1) is 17.8 Å². The van der Waals surface area contributed by atoms with Gasteiger partial charge >= 0.3 is 6.01 Å². The maximum Gasteiger partial charge on any atom is 0.322 e. The molecule has 6 heteroatoms. The van der Waals surface area contributed by atoms with Gasteiger partial charge in [-0.05, 0) is 55.0 Å². The van der Waals surface area contributed by atoms with E-state index in [1.54, 1.807) is 0 Å². The highest BCUT2D eigenvalue weighted by molar-refractivity contribution is 6.28. The zero-order valence-corrected chi connectivity index (χ0v) is 12.6. The predicted octanol–water partition coefficient (Wildman–Crippen LogP) is 3.16. The lowest BCUT2D eigenvalue weighted by Crippen LogP contribution is -2.21. The number of anilines is 1. The molecule has 3 unspecified atom stereocenters. The van der Waals surface area contributed by atoms with Crippen molar-refractivity contribution in [2.24, 2.45) is 17.8 Å². The van der Waals surface area contributed by atoms with Crippen molar-refractivity contribution in [3.63, 3.8) is 0 Å². The Morgan fingerprint density at radius 3 is 2.85 bits per heavy atom. The molecular weight excluding hydrogens is 276 g/mol. The molecule has 110 valence electrons. The lowest BCUT2D eigenvalue weighted by Gasteiger charge is -2.21. The molecule has 2 bridgehead atoms. The van der Waals surface area contributed by atoms with E-state index in [-0.39, 0.29) is 5.28 Å². The van der Waals surface area contributed by atoms with Gasteiger partial charge in [0, 0.05) is 6.54 Å². The van der Waals surface area contributed by atoms with Crippen molar-refractivity contribution in [3.8, 4) is 6.01 Å². The van der Waals surface area contributed by atoms with E-state index in [1.165, 1.54) is 25.7 Å². The fraction of sp³-hybridized carbons (Fsp3) is 0.786. The van der Waals surface area contributed by atoms with Crippen LogP contribution < -0.4 is 10.1 Å². The van der Waals surface area contributed by atoms with E-state index in [2.05, 4.69) is 20.3 Å². The minimum Gasteiger partial charge on any atom is -0.463 e. The van der Waals surface area contributed by atoms with Crippen molar-refractivity contribution >= 4 is 17.5 Å². The standard InChI is InChI=1S/C14H21ClN4O/c1-2-5-20-14-18-12(15)17-13(19-14)16-8-11-7-9-3-4-10(11)6-9/h9-11H,2-8H2,1H3,(H,16,17,18,19). The Kier molecular flexibility index (Phi) is 4.24. The van der Waals surface area contributed by atoms with Crippen LogP contribution in [0.3, 0.4) is 0 Å². The molecule has 20 heavy (non-hydrogen) atoms. The maximum atomic E-state index is 5.91. The van der Waals surface area contributed by atoms with E-state index in [4.69, 9.17) is 16.3 Å². The summed E-state index contributed by atoms with van der Waals surface area (Å²) in [6.45, 7) is 3.55. The van der Waals surface area contributed by atoms with E-state index < -0.39 is 0 Å². The first-order valence-electron chi connectivity index (χ1n) is 7.53. The molecule has 1 heterocycles. The highest BCUT2D eigenvalue weighted by atomic mass is 35.5. The van der Waals surface area contributed by atoms with Gasteiger partial charge < -0.3 is 10.1 Å². The molecular formula is C14H21ClN4O. The van der Waals surface area contributed by atoms with Gasteiger partial charge in [-0.25, -0.2) is 0 Å². The topological polar surface area (TPSA) is 59.9 Å². The Hall–Kier alpha value is -1.10. The summed E-state index contributed by atoms with van der Waals surface area (Å²) in [5.74, 6) is 3.13. The lowest BCUT2D eigenvalue weighted by molar-refractivity contribution is 0.291. The predicted molar refractivity (Wildman–Crippen MR) is 78.1 cm³/mol. The Bertz CT molecular complexity index is 470. The van der Waals surface area contributed by atoms with E-state index in [0.717, 1.165) is 30.7 Å². The van der Waals surface area contributed by atoms with E-state index in [0.29, 0.717) is 18.6 Å². The van der Waals surface area contributed by atoms with Crippen LogP contribution >= 0.6 is 11.6 Å². The number of fused-ring (bicyclic) bond motifs is 2. The fourth-order valence-corrected chi connectivity index (χ4v) is 3.67. The maximum absolute atomic E-state index is 5.91. The van der Waals surface area contributed by atoms with Crippen molar-refractivity contribution in [2.75, 3.05) is 18.5 Å². The molecule has 1 N–H and O–H groups in total. The third-order valence-electron chi connectivity index (χ3n) is 4.43. The fourth-order valence-electron chi connectivity index (χ4n) is 3.52. The minimum absolute atomic E-state index is 0.182. The molecule has 2 saturated carbocycles. The van der Waals surface area contributed by atoms with Crippen molar-refractivity contribution in [2.45, 2.75) is 39.0 Å². The van der Waals surface area contributed by atoms with Crippen molar-refractivity contribution in [3.05, 3.63) is 5.28 Å². The summed E-state index contributed by atoms with van der Waals surface area (Å²) in [5.41, 5.74) is 0. The van der Waals surface area contributed by atoms with E-state index in [1.807, 2.05) is 6.92 Å². The second-order valence-corrected chi connectivity index (χ2v) is 6.21. The molecule has 0 aromatic carbocycles. The number of hydrogen-bond acceptors (Lipinski definition) is 5. The number of nitrogens with one attached hydrogen (secondary N) is 1. The Balaban J connectivity index is 1.57. The Labute approximate surface area is 124 Å². The zero-order valence-electron chi connectivity index (χ0n) is 11.8. The number of hydrogen-bond donors (Lipinski definition) is 1. The van der Waals surface area contributed by atoms with Crippen molar-refractivity contribution in [1.29, 1.82) is 0 Å². The van der Waals surface area contributed by atoms with Crippen molar-refractivity contribution < 1.29 is 4.74 Å². The first-order chi connectivity index (χ1) is 9.74. The minimum atomic E-state index is 0.182. The summed E-state index contributed by atoms with van der Waals surface area (Å²) < 4.78 is 5.41. The number of aromatic nitrogens is 3. The molecule has 2 fully saturated rings. The van der Waals surface area contributed by atoms with Gasteiger partial charge in [-0.2, -0.15) is 15.0 Å². The van der Waals surface area contributed by atoms with Crippen LogP contribution in [0.25, 0.3) is 0 Å². The average Bonchev–Trinajstić information content (AvgIpc) is 3.05. The molecule has 1 aromatic rings. The van der Waals surface area contributed by atoms with Crippen LogP contribution in [0.4, 0.5) is 5.95 Å². The molecule has 2 aliphatic carbocycles. The van der Waals surface area contributed by atoms with Crippen LogP contribution in [0.15, 0.2) is 0 Å². The van der Waals surface area contributed by atoms with Gasteiger partial charge in [-0.15, -0.1) is 0 Å². The highest BCUT2D eigenvalue weighted by Crippen LogP contribution is 2.48. The number of ether oxygens (including phenoxy) is 1. The first-order valence-corrected chi connectivity index (χ1v) is 7.90. The number of nitrogens with zero attached hydrogens (tertiary/aromatic N) is 3. The summed E-state index contributed by atoms with van der Waals surface area (Å²) in [6.07, 6.45) is 6.48. The third-order valence-corrected chi connectivity index (χ3v) is 4.60. The monoisotopic (exact) mass is 296 g/mol. The van der Waals surface area contributed by atoms with Crippen molar-refractivity contribution in [1.82, 2.24) is 15.0 Å². The van der Waals surface area contributed by atoms with Crippen LogP contribution in [0.1, 0.15) is 39.0 Å². The van der Waals surface area contributed by atoms with Gasteiger partial charge in [-0.3, -0.25) is 0 Å². The van der Waals surface area contributed by atoms with Gasteiger partial charge in [0.05, 0.1) is 6.61 Å². The second-order valence-electron chi connectivity index (χ2n) is 5.87. The molecule has 0 spiro atoms. The molecule has 5 nitrogen and oxygen atoms in total. The molecule has 0 saturated heterocycles. The van der Waals surface area contributed by atoms with E-state index >= 15 is 0 Å². The molecule has 1 aromatic heterocycles. The molecule has 0 amide bonds. The molecule has 0 radical (unpaired) electrons. The summed E-state index contributed by atoms with van der Waals surface area (Å²) in [5, 5.41) is 3.48. The normalized spacial score (nSPS) is 27.8. The van der Waals surface area contributed by atoms with E-state index in [9.17, 15) is 0 Å². The molecule has 3 rings (SSSR count). The van der Waals surface area contributed by atoms with Gasteiger partial charge in [-0.1, -0.05) is 13.3 Å². The molecule has 3 atom stereocenters. The summed E-state index contributed by atoms with van der Waals surface area (Å²) >= 11 is 5.91. The third kappa shape index (κ3) is 3.14. The highest BCUT2D eigenvalue weighted by Gasteiger charge is 2.39. The van der Waals surface area contributed by atoms with Crippen LogP contribution in [0.5, 0.6) is 6.01 Å². The molecule has 2 aliphatic rings. The Morgan fingerprint density at radius 1 is 1.25 bits per heavy atom. The number of rotatable bonds is 6. The second kappa shape index (κ2) is 6.12. The lowest BCUT2D eigenvalue weighted by atomic mass is 9.89. The summed E-state index contributed by atoms with van der Waals surface area (Å²) in [6, 6.07) is 0.308. The Morgan fingerprint density at radius 2 is 2.15 bits per heavy atom. The van der Waals surface area contributed by atoms with Crippen LogP contribution in [-0.2, 0) is 0 Å². The summed E-state index contributed by atoms with van der Waals surface area (Å²) in [7, 11) is 0. The first kappa shape index (κ1) is 13.9.